The van der Waals surface area contributed by atoms with E-state index in [1.807, 2.05) is 6.92 Å². The third-order valence-corrected chi connectivity index (χ3v) is 2.79. The van der Waals surface area contributed by atoms with E-state index in [1.165, 1.54) is 0 Å². The summed E-state index contributed by atoms with van der Waals surface area (Å²) >= 11 is 0. The number of aromatic amines is 1. The summed E-state index contributed by atoms with van der Waals surface area (Å²) in [7, 11) is 0. The molecule has 0 aliphatic carbocycles. The monoisotopic (exact) mass is 264 g/mol. The van der Waals surface area contributed by atoms with Crippen LogP contribution in [0.15, 0.2) is 12.4 Å². The molecule has 2 aromatic rings. The predicted octanol–water partition coefficient (Wildman–Crippen LogP) is 1.50. The maximum absolute atomic E-state index is 11.1. The van der Waals surface area contributed by atoms with Crippen LogP contribution < -0.4 is 5.32 Å². The molecule has 0 atom stereocenters. The lowest BCUT2D eigenvalue weighted by Gasteiger charge is -2.06. The molecule has 0 amide bonds. The fourth-order valence-corrected chi connectivity index (χ4v) is 1.93. The summed E-state index contributed by atoms with van der Waals surface area (Å²) in [4.78, 5) is 17.7. The third kappa shape index (κ3) is 2.72. The topological polar surface area (TPSA) is 102 Å². The molecule has 0 aliphatic rings. The zero-order valence-electron chi connectivity index (χ0n) is 10.9. The first-order chi connectivity index (χ1) is 9.13. The Kier molecular flexibility index (Phi) is 3.79. The number of nitrogens with zero attached hydrogens (tertiary/aromatic N) is 4. The summed E-state index contributed by atoms with van der Waals surface area (Å²) in [5.74, 6) is 1.30. The van der Waals surface area contributed by atoms with E-state index in [4.69, 9.17) is 0 Å². The van der Waals surface area contributed by atoms with Crippen molar-refractivity contribution >= 4 is 11.5 Å². The van der Waals surface area contributed by atoms with Crippen LogP contribution in [0.2, 0.25) is 0 Å². The predicted molar refractivity (Wildman–Crippen MR) is 70.1 cm³/mol. The van der Waals surface area contributed by atoms with Crippen molar-refractivity contribution in [2.45, 2.75) is 26.8 Å². The maximum Gasteiger partial charge on any atom is 0.333 e. The van der Waals surface area contributed by atoms with E-state index in [-0.39, 0.29) is 5.69 Å². The second-order valence-electron chi connectivity index (χ2n) is 4.07. The molecule has 19 heavy (non-hydrogen) atoms. The summed E-state index contributed by atoms with van der Waals surface area (Å²) in [6.45, 7) is 4.67. The van der Waals surface area contributed by atoms with Crippen molar-refractivity contribution in [3.8, 4) is 0 Å². The van der Waals surface area contributed by atoms with E-state index in [2.05, 4.69) is 20.4 Å². The fourth-order valence-electron chi connectivity index (χ4n) is 1.93. The largest absolute Gasteiger partial charge is 0.364 e. The van der Waals surface area contributed by atoms with Crippen molar-refractivity contribution in [3.63, 3.8) is 0 Å². The van der Waals surface area contributed by atoms with Crippen molar-refractivity contribution in [2.75, 3.05) is 11.9 Å². The number of aromatic nitrogens is 4. The highest BCUT2D eigenvalue weighted by Gasteiger charge is 2.24. The van der Waals surface area contributed by atoms with Gasteiger partial charge < -0.3 is 10.3 Å². The summed E-state index contributed by atoms with van der Waals surface area (Å²) in [6, 6.07) is 0. The normalized spacial score (nSPS) is 10.6. The quantitative estimate of drug-likeness (QED) is 0.608. The number of anilines is 1. The number of H-pyrrole nitrogens is 1. The lowest BCUT2D eigenvalue weighted by atomic mass is 10.3. The molecule has 0 fully saturated rings. The van der Waals surface area contributed by atoms with Gasteiger partial charge in [-0.25, -0.2) is 9.67 Å². The lowest BCUT2D eigenvalue weighted by Crippen LogP contribution is -2.11. The number of aryl methyl sites for hydroxylation is 2. The number of hydrogen-bond donors (Lipinski definition) is 2. The molecule has 2 rings (SSSR count). The van der Waals surface area contributed by atoms with Crippen molar-refractivity contribution < 1.29 is 4.92 Å². The molecule has 8 heteroatoms. The Hall–Kier alpha value is -2.38. The van der Waals surface area contributed by atoms with Gasteiger partial charge in [0.25, 0.3) is 0 Å². The van der Waals surface area contributed by atoms with Crippen LogP contribution in [0.1, 0.15) is 18.4 Å². The third-order valence-electron chi connectivity index (χ3n) is 2.79. The minimum atomic E-state index is -0.399. The van der Waals surface area contributed by atoms with Crippen LogP contribution in [-0.4, -0.2) is 31.2 Å². The SMILES string of the molecule is CCn1nc(C)c([N+](=O)[O-])c1NCCc1ncc[nH]1. The molecule has 8 nitrogen and oxygen atoms in total. The number of nitrogens with one attached hydrogen (secondary N) is 2. The van der Waals surface area contributed by atoms with Crippen molar-refractivity contribution in [3.05, 3.63) is 34.0 Å². The van der Waals surface area contributed by atoms with E-state index >= 15 is 0 Å². The molecule has 2 N–H and O–H groups in total. The van der Waals surface area contributed by atoms with Gasteiger partial charge in [0.2, 0.25) is 5.82 Å². The van der Waals surface area contributed by atoms with E-state index in [1.54, 1.807) is 24.0 Å². The molecule has 2 heterocycles. The average molecular weight is 264 g/mol. The second kappa shape index (κ2) is 5.51. The van der Waals surface area contributed by atoms with Crippen LogP contribution in [0.5, 0.6) is 0 Å². The molecule has 0 spiro atoms. The molecular weight excluding hydrogens is 248 g/mol. The molecule has 0 bridgehead atoms. The Bertz CT molecular complexity index is 560. The van der Waals surface area contributed by atoms with Crippen LogP contribution >= 0.6 is 0 Å². The molecule has 0 unspecified atom stereocenters. The number of imidazole rings is 1. The first kappa shape index (κ1) is 13.1. The second-order valence-corrected chi connectivity index (χ2v) is 4.07. The zero-order chi connectivity index (χ0) is 13.8. The fraction of sp³-hybridized carbons (Fsp3) is 0.455. The van der Waals surface area contributed by atoms with E-state index < -0.39 is 4.92 Å². The lowest BCUT2D eigenvalue weighted by molar-refractivity contribution is -0.384. The molecule has 102 valence electrons. The molecule has 0 aliphatic heterocycles. The highest BCUT2D eigenvalue weighted by Crippen LogP contribution is 2.27. The van der Waals surface area contributed by atoms with Gasteiger partial charge in [-0.05, 0) is 13.8 Å². The maximum atomic E-state index is 11.1. The summed E-state index contributed by atoms with van der Waals surface area (Å²) < 4.78 is 1.61. The van der Waals surface area contributed by atoms with Crippen molar-refractivity contribution in [2.24, 2.45) is 0 Å². The van der Waals surface area contributed by atoms with Crippen LogP contribution in [0.4, 0.5) is 11.5 Å². The Morgan fingerprint density at radius 3 is 2.95 bits per heavy atom. The molecule has 0 saturated carbocycles. The van der Waals surface area contributed by atoms with E-state index in [0.717, 1.165) is 5.82 Å². The highest BCUT2D eigenvalue weighted by molar-refractivity contribution is 5.59. The smallest absolute Gasteiger partial charge is 0.333 e. The zero-order valence-corrected chi connectivity index (χ0v) is 10.9. The Morgan fingerprint density at radius 2 is 2.37 bits per heavy atom. The summed E-state index contributed by atoms with van der Waals surface area (Å²) in [5.41, 5.74) is 0.466. The highest BCUT2D eigenvalue weighted by atomic mass is 16.6. The van der Waals surface area contributed by atoms with Crippen LogP contribution in [0.25, 0.3) is 0 Å². The van der Waals surface area contributed by atoms with Gasteiger partial charge in [0.15, 0.2) is 0 Å². The molecule has 0 radical (unpaired) electrons. The van der Waals surface area contributed by atoms with Gasteiger partial charge in [-0.15, -0.1) is 0 Å². The van der Waals surface area contributed by atoms with Gasteiger partial charge in [0.05, 0.1) is 4.92 Å². The van der Waals surface area contributed by atoms with Gasteiger partial charge in [-0.3, -0.25) is 10.1 Å². The van der Waals surface area contributed by atoms with Gasteiger partial charge in [-0.2, -0.15) is 5.10 Å². The Morgan fingerprint density at radius 1 is 1.58 bits per heavy atom. The first-order valence-corrected chi connectivity index (χ1v) is 6.07. The molecule has 0 aromatic carbocycles. The molecule has 0 saturated heterocycles. The minimum Gasteiger partial charge on any atom is -0.364 e. The average Bonchev–Trinajstić information content (AvgIpc) is 2.97. The van der Waals surface area contributed by atoms with E-state index in [0.29, 0.717) is 31.0 Å². The Labute approximate surface area is 110 Å². The van der Waals surface area contributed by atoms with Crippen LogP contribution in [-0.2, 0) is 13.0 Å². The first-order valence-electron chi connectivity index (χ1n) is 6.07. The Balaban J connectivity index is 2.12. The minimum absolute atomic E-state index is 0.0429. The van der Waals surface area contributed by atoms with Gasteiger partial charge in [-0.1, -0.05) is 0 Å². The number of rotatable bonds is 6. The van der Waals surface area contributed by atoms with Crippen molar-refractivity contribution in [1.29, 1.82) is 0 Å². The molecule has 2 aromatic heterocycles. The van der Waals surface area contributed by atoms with Gasteiger partial charge in [0.1, 0.15) is 11.5 Å². The van der Waals surface area contributed by atoms with Gasteiger partial charge in [0, 0.05) is 31.9 Å². The van der Waals surface area contributed by atoms with Crippen LogP contribution in [0, 0.1) is 17.0 Å². The number of nitro groups is 1. The number of hydrogen-bond acceptors (Lipinski definition) is 5. The van der Waals surface area contributed by atoms with Crippen molar-refractivity contribution in [1.82, 2.24) is 19.7 Å². The summed E-state index contributed by atoms with van der Waals surface area (Å²) in [6.07, 6.45) is 4.09. The van der Waals surface area contributed by atoms with Crippen LogP contribution in [0.3, 0.4) is 0 Å². The standard InChI is InChI=1S/C11H16N6O2/c1-3-16-11(10(17(18)19)8(2)15-16)14-5-4-9-12-6-7-13-9/h6-7,14H,3-5H2,1-2H3,(H,12,13). The summed E-state index contributed by atoms with van der Waals surface area (Å²) in [5, 5.41) is 18.3. The molecular formula is C11H16N6O2. The van der Waals surface area contributed by atoms with E-state index in [9.17, 15) is 10.1 Å². The van der Waals surface area contributed by atoms with Gasteiger partial charge >= 0.3 is 5.69 Å².